The molecule has 0 spiro atoms. The first kappa shape index (κ1) is 18.4. The van der Waals surface area contributed by atoms with Gasteiger partial charge in [-0.2, -0.15) is 9.13 Å². The molecule has 2 heterocycles. The van der Waals surface area contributed by atoms with E-state index in [4.69, 9.17) is 4.98 Å². The summed E-state index contributed by atoms with van der Waals surface area (Å²) in [6.07, 6.45) is 4.19. The topological polar surface area (TPSA) is 20.6 Å². The first-order chi connectivity index (χ1) is 14.5. The van der Waals surface area contributed by atoms with Crippen LogP contribution in [0.5, 0.6) is 0 Å². The van der Waals surface area contributed by atoms with Gasteiger partial charge in [0.1, 0.15) is 11.4 Å². The molecule has 30 heavy (non-hydrogen) atoms. The van der Waals surface area contributed by atoms with Crippen LogP contribution in [-0.4, -0.2) is 4.98 Å². The molecule has 2 aromatic heterocycles. The lowest BCUT2D eigenvalue weighted by Crippen LogP contribution is -2.39. The summed E-state index contributed by atoms with van der Waals surface area (Å²) in [6.45, 7) is 8.70. The van der Waals surface area contributed by atoms with Crippen LogP contribution in [0.2, 0.25) is 0 Å². The molecule has 3 nitrogen and oxygen atoms in total. The second-order valence-corrected chi connectivity index (χ2v) is 8.06. The van der Waals surface area contributed by atoms with Crippen LogP contribution >= 0.6 is 0 Å². The predicted octanol–water partition coefficient (Wildman–Crippen LogP) is 5.18. The highest BCUT2D eigenvalue weighted by atomic mass is 15.0. The van der Waals surface area contributed by atoms with E-state index in [0.29, 0.717) is 0 Å². The lowest BCUT2D eigenvalue weighted by molar-refractivity contribution is -0.612. The van der Waals surface area contributed by atoms with Gasteiger partial charge in [-0.25, -0.2) is 0 Å². The lowest BCUT2D eigenvalue weighted by atomic mass is 10.1. The summed E-state index contributed by atoms with van der Waals surface area (Å²) < 4.78 is 4.52. The number of aryl methyl sites for hydroxylation is 3. The highest BCUT2D eigenvalue weighted by Gasteiger charge is 2.22. The van der Waals surface area contributed by atoms with E-state index in [1.54, 1.807) is 0 Å². The molecule has 0 atom stereocenters. The van der Waals surface area contributed by atoms with Crippen LogP contribution in [0.25, 0.3) is 33.1 Å². The first-order valence-corrected chi connectivity index (χ1v) is 10.3. The normalized spacial score (nSPS) is 11.3. The number of aromatic nitrogens is 3. The molecule has 5 aromatic rings. The van der Waals surface area contributed by atoms with Crippen molar-refractivity contribution in [2.75, 3.05) is 0 Å². The van der Waals surface area contributed by atoms with Crippen molar-refractivity contribution in [2.45, 2.75) is 27.7 Å². The van der Waals surface area contributed by atoms with Crippen LogP contribution in [0.15, 0.2) is 79.3 Å². The van der Waals surface area contributed by atoms with Gasteiger partial charge < -0.3 is 0 Å². The number of fused-ring (bicyclic) bond motifs is 2. The van der Waals surface area contributed by atoms with Crippen molar-refractivity contribution < 1.29 is 9.13 Å². The molecule has 0 radical (unpaired) electrons. The third-order valence-electron chi connectivity index (χ3n) is 5.99. The quantitative estimate of drug-likeness (QED) is 0.380. The molecule has 0 aliphatic heterocycles. The van der Waals surface area contributed by atoms with Gasteiger partial charge in [0.05, 0.1) is 10.9 Å². The highest BCUT2D eigenvalue weighted by Crippen LogP contribution is 2.21. The van der Waals surface area contributed by atoms with Crippen molar-refractivity contribution in [3.05, 3.63) is 102 Å². The van der Waals surface area contributed by atoms with Gasteiger partial charge in [0.2, 0.25) is 5.69 Å². The number of hydrogen-bond acceptors (Lipinski definition) is 1. The van der Waals surface area contributed by atoms with Crippen LogP contribution in [-0.2, 0) is 0 Å². The SMILES string of the molecule is Cc1cc(-[n+]2cc3ccccc3cc2C)c(C)c(-[n+]2cnc3ccccc3c2C)c1. The first-order valence-electron chi connectivity index (χ1n) is 10.3. The van der Waals surface area contributed by atoms with Crippen molar-refractivity contribution in [3.8, 4) is 11.4 Å². The van der Waals surface area contributed by atoms with Gasteiger partial charge in [-0.1, -0.05) is 30.3 Å². The van der Waals surface area contributed by atoms with Gasteiger partial charge in [0.15, 0.2) is 17.4 Å². The molecule has 0 bridgehead atoms. The van der Waals surface area contributed by atoms with Crippen molar-refractivity contribution in [1.29, 1.82) is 0 Å². The Morgan fingerprint density at radius 2 is 1.37 bits per heavy atom. The fourth-order valence-electron chi connectivity index (χ4n) is 4.35. The summed E-state index contributed by atoms with van der Waals surface area (Å²) >= 11 is 0. The molecule has 0 unspecified atom stereocenters. The molecule has 0 fully saturated rings. The van der Waals surface area contributed by atoms with E-state index in [-0.39, 0.29) is 0 Å². The van der Waals surface area contributed by atoms with E-state index in [1.807, 2.05) is 12.4 Å². The standard InChI is InChI=1S/C27H25N3/c1-18-13-26(29-16-23-10-6-5-9-22(23)15-19(29)2)20(3)27(14-18)30-17-28-25-12-8-7-11-24(25)21(30)4/h5-17H,1-4H3/q+2. The van der Waals surface area contributed by atoms with E-state index >= 15 is 0 Å². The highest BCUT2D eigenvalue weighted by molar-refractivity contribution is 5.81. The maximum absolute atomic E-state index is 4.71. The van der Waals surface area contributed by atoms with Gasteiger partial charge in [-0.3, -0.25) is 0 Å². The molecule has 0 saturated heterocycles. The molecule has 5 rings (SSSR count). The van der Waals surface area contributed by atoms with Crippen LogP contribution in [0.3, 0.4) is 0 Å². The minimum atomic E-state index is 1.02. The zero-order valence-corrected chi connectivity index (χ0v) is 17.8. The Bertz CT molecular complexity index is 1400. The maximum atomic E-state index is 4.71. The molecule has 3 aromatic carbocycles. The monoisotopic (exact) mass is 391 g/mol. The Kier molecular flexibility index (Phi) is 4.32. The number of benzene rings is 3. The molecule has 0 aliphatic rings. The van der Waals surface area contributed by atoms with Crippen LogP contribution in [0.1, 0.15) is 22.5 Å². The summed E-state index contributed by atoms with van der Waals surface area (Å²) in [5, 5.41) is 3.68. The van der Waals surface area contributed by atoms with Crippen LogP contribution in [0, 0.1) is 27.7 Å². The summed E-state index contributed by atoms with van der Waals surface area (Å²) in [5.41, 5.74) is 8.26. The predicted molar refractivity (Wildman–Crippen MR) is 121 cm³/mol. The largest absolute Gasteiger partial charge is 0.292 e. The van der Waals surface area contributed by atoms with Crippen molar-refractivity contribution >= 4 is 21.7 Å². The van der Waals surface area contributed by atoms with E-state index in [2.05, 4.69) is 104 Å². The van der Waals surface area contributed by atoms with Crippen molar-refractivity contribution in [3.63, 3.8) is 0 Å². The molecule has 0 N–H and O–H groups in total. The van der Waals surface area contributed by atoms with E-state index in [0.717, 1.165) is 5.52 Å². The molecule has 0 saturated carbocycles. The summed E-state index contributed by atoms with van der Waals surface area (Å²) in [4.78, 5) is 4.71. The second kappa shape index (κ2) is 7.03. The number of rotatable bonds is 2. The molecule has 146 valence electrons. The van der Waals surface area contributed by atoms with Gasteiger partial charge >= 0.3 is 0 Å². The maximum Gasteiger partial charge on any atom is 0.292 e. The fraction of sp³-hybridized carbons (Fsp3) is 0.148. The third kappa shape index (κ3) is 2.94. The summed E-state index contributed by atoms with van der Waals surface area (Å²) in [5.74, 6) is 0. The molecular formula is C27H25N3+2. The average Bonchev–Trinajstić information content (AvgIpc) is 2.75. The molecule has 0 aliphatic carbocycles. The Morgan fingerprint density at radius 3 is 2.17 bits per heavy atom. The Hall–Kier alpha value is -3.59. The minimum Gasteiger partial charge on any atom is -0.199 e. The summed E-state index contributed by atoms with van der Waals surface area (Å²) in [7, 11) is 0. The number of nitrogens with zero attached hydrogens (tertiary/aromatic N) is 3. The average molecular weight is 392 g/mol. The van der Waals surface area contributed by atoms with Gasteiger partial charge in [-0.05, 0) is 61.0 Å². The van der Waals surface area contributed by atoms with Crippen LogP contribution in [0.4, 0.5) is 0 Å². The van der Waals surface area contributed by atoms with Gasteiger partial charge in [0, 0.05) is 24.4 Å². The smallest absolute Gasteiger partial charge is 0.199 e. The third-order valence-corrected chi connectivity index (χ3v) is 5.99. The van der Waals surface area contributed by atoms with Crippen LogP contribution < -0.4 is 9.13 Å². The van der Waals surface area contributed by atoms with E-state index < -0.39 is 0 Å². The fourth-order valence-corrected chi connectivity index (χ4v) is 4.35. The van der Waals surface area contributed by atoms with Gasteiger partial charge in [0.25, 0.3) is 6.33 Å². The number of pyridine rings is 1. The molecular weight excluding hydrogens is 366 g/mol. The zero-order valence-electron chi connectivity index (χ0n) is 17.8. The Balaban J connectivity index is 1.77. The Morgan fingerprint density at radius 1 is 0.700 bits per heavy atom. The van der Waals surface area contributed by atoms with Gasteiger partial charge in [-0.15, -0.1) is 0 Å². The van der Waals surface area contributed by atoms with E-state index in [1.165, 1.54) is 50.0 Å². The summed E-state index contributed by atoms with van der Waals surface area (Å²) in [6, 6.07) is 23.6. The molecule has 3 heteroatoms. The minimum absolute atomic E-state index is 1.02. The number of para-hydroxylation sites is 1. The zero-order chi connectivity index (χ0) is 20.8. The number of hydrogen-bond donors (Lipinski definition) is 0. The second-order valence-electron chi connectivity index (χ2n) is 8.06. The lowest BCUT2D eigenvalue weighted by Gasteiger charge is -2.11. The Labute approximate surface area is 176 Å². The molecule has 0 amide bonds. The van der Waals surface area contributed by atoms with Crippen molar-refractivity contribution in [1.82, 2.24) is 4.98 Å². The van der Waals surface area contributed by atoms with E-state index in [9.17, 15) is 0 Å². The van der Waals surface area contributed by atoms with Crippen molar-refractivity contribution in [2.24, 2.45) is 0 Å².